The Morgan fingerprint density at radius 1 is 1.26 bits per heavy atom. The molecule has 2 N–H and O–H groups in total. The van der Waals surface area contributed by atoms with Gasteiger partial charge < -0.3 is 20.1 Å². The minimum Gasteiger partial charge on any atom is -0.497 e. The lowest BCUT2D eigenvalue weighted by Gasteiger charge is -2.27. The molecule has 1 heterocycles. The van der Waals surface area contributed by atoms with Gasteiger partial charge in [-0.15, -0.1) is 0 Å². The van der Waals surface area contributed by atoms with Crippen LogP contribution in [0.5, 0.6) is 11.5 Å². The number of methoxy groups -OCH3 is 1. The van der Waals surface area contributed by atoms with E-state index in [0.29, 0.717) is 29.9 Å². The van der Waals surface area contributed by atoms with Crippen molar-refractivity contribution in [2.45, 2.75) is 45.4 Å². The van der Waals surface area contributed by atoms with Crippen LogP contribution in [0, 0.1) is 0 Å². The molecule has 0 spiro atoms. The Morgan fingerprint density at radius 3 is 2.59 bits per heavy atom. The molecule has 1 aromatic carbocycles. The minimum atomic E-state index is -2.87. The van der Waals surface area contributed by atoms with Crippen LogP contribution >= 0.6 is 0 Å². The molecule has 8 heteroatoms. The summed E-state index contributed by atoms with van der Waals surface area (Å²) in [4.78, 5) is 6.72. The fourth-order valence-electron chi connectivity index (χ4n) is 3.28. The van der Waals surface area contributed by atoms with Crippen LogP contribution in [0.2, 0.25) is 0 Å². The maximum atomic E-state index is 12.6. The van der Waals surface area contributed by atoms with Crippen molar-refractivity contribution in [3.63, 3.8) is 0 Å². The van der Waals surface area contributed by atoms with Crippen LogP contribution in [-0.2, 0) is 6.54 Å². The first-order valence-electron chi connectivity index (χ1n) is 9.37. The van der Waals surface area contributed by atoms with Gasteiger partial charge in [-0.05, 0) is 50.6 Å². The van der Waals surface area contributed by atoms with Gasteiger partial charge in [0.25, 0.3) is 0 Å². The number of alkyl halides is 2. The lowest BCUT2D eigenvalue weighted by atomic mass is 10.2. The summed E-state index contributed by atoms with van der Waals surface area (Å²) in [5, 5.41) is 6.49. The van der Waals surface area contributed by atoms with E-state index in [1.165, 1.54) is 26.0 Å². The van der Waals surface area contributed by atoms with Crippen LogP contribution in [0.25, 0.3) is 0 Å². The fraction of sp³-hybridized carbons (Fsp3) is 0.632. The summed E-state index contributed by atoms with van der Waals surface area (Å²) in [5.74, 6) is 1.33. The highest BCUT2D eigenvalue weighted by atomic mass is 19.3. The summed E-state index contributed by atoms with van der Waals surface area (Å²) in [6.07, 6.45) is 3.57. The zero-order chi connectivity index (χ0) is 19.6. The third-order valence-corrected chi connectivity index (χ3v) is 4.79. The van der Waals surface area contributed by atoms with Crippen LogP contribution in [-0.4, -0.2) is 57.3 Å². The number of rotatable bonds is 9. The average Bonchev–Trinajstić information content (AvgIpc) is 3.19. The van der Waals surface area contributed by atoms with Crippen molar-refractivity contribution < 1.29 is 18.3 Å². The van der Waals surface area contributed by atoms with Crippen molar-refractivity contribution in [1.82, 2.24) is 15.5 Å². The summed E-state index contributed by atoms with van der Waals surface area (Å²) < 4.78 is 35.0. The highest BCUT2D eigenvalue weighted by molar-refractivity contribution is 5.79. The van der Waals surface area contributed by atoms with Gasteiger partial charge in [0, 0.05) is 31.7 Å². The van der Waals surface area contributed by atoms with Crippen molar-refractivity contribution in [3.05, 3.63) is 23.8 Å². The highest BCUT2D eigenvalue weighted by Gasteiger charge is 2.20. The molecule has 1 aliphatic heterocycles. The van der Waals surface area contributed by atoms with E-state index in [9.17, 15) is 8.78 Å². The predicted molar refractivity (Wildman–Crippen MR) is 103 cm³/mol. The lowest BCUT2D eigenvalue weighted by molar-refractivity contribution is -0.0504. The van der Waals surface area contributed by atoms with Gasteiger partial charge >= 0.3 is 6.61 Å². The second kappa shape index (κ2) is 10.9. The third-order valence-electron chi connectivity index (χ3n) is 4.79. The van der Waals surface area contributed by atoms with Crippen molar-refractivity contribution >= 4 is 5.96 Å². The summed E-state index contributed by atoms with van der Waals surface area (Å²) in [7, 11) is 3.22. The Labute approximate surface area is 159 Å². The number of hydrogen-bond acceptors (Lipinski definition) is 4. The number of hydrogen-bond donors (Lipinski definition) is 2. The molecule has 0 bridgehead atoms. The summed E-state index contributed by atoms with van der Waals surface area (Å²) >= 11 is 0. The second-order valence-electron chi connectivity index (χ2n) is 6.46. The molecule has 27 heavy (non-hydrogen) atoms. The van der Waals surface area contributed by atoms with Gasteiger partial charge in [-0.1, -0.05) is 6.92 Å². The Morgan fingerprint density at radius 2 is 2.00 bits per heavy atom. The highest BCUT2D eigenvalue weighted by Crippen LogP contribution is 2.25. The molecule has 1 aromatic rings. The van der Waals surface area contributed by atoms with E-state index in [1.807, 2.05) is 0 Å². The number of halogens is 2. The Kier molecular flexibility index (Phi) is 8.57. The topological polar surface area (TPSA) is 58.1 Å². The number of aliphatic imine (C=N–C) groups is 1. The van der Waals surface area contributed by atoms with E-state index >= 15 is 0 Å². The molecule has 1 unspecified atom stereocenters. The van der Waals surface area contributed by atoms with Gasteiger partial charge in [0.15, 0.2) is 5.96 Å². The molecule has 1 atom stereocenters. The molecule has 0 saturated carbocycles. The van der Waals surface area contributed by atoms with Crippen molar-refractivity contribution in [1.29, 1.82) is 0 Å². The largest absolute Gasteiger partial charge is 0.497 e. The van der Waals surface area contributed by atoms with Crippen LogP contribution in [0.1, 0.15) is 31.7 Å². The minimum absolute atomic E-state index is 0.122. The smallest absolute Gasteiger partial charge is 0.387 e. The number of nitrogens with zero attached hydrogens (tertiary/aromatic N) is 2. The Hall–Kier alpha value is -2.09. The van der Waals surface area contributed by atoms with Gasteiger partial charge in [0.05, 0.1) is 7.11 Å². The van der Waals surface area contributed by atoms with Gasteiger partial charge in [0.2, 0.25) is 0 Å². The predicted octanol–water partition coefficient (Wildman–Crippen LogP) is 2.84. The van der Waals surface area contributed by atoms with Crippen LogP contribution in [0.3, 0.4) is 0 Å². The third kappa shape index (κ3) is 6.53. The lowest BCUT2D eigenvalue weighted by Crippen LogP contribution is -2.46. The van der Waals surface area contributed by atoms with Crippen LogP contribution < -0.4 is 20.1 Å². The fourth-order valence-corrected chi connectivity index (χ4v) is 3.28. The summed E-state index contributed by atoms with van der Waals surface area (Å²) in [5.41, 5.74) is 0.573. The molecule has 0 radical (unpaired) electrons. The standard InChI is InChI=1S/C19H30F2N4O2/c1-4-15(25-9-5-6-10-25)13-24-19(22-2)23-12-14-11-16(26-3)7-8-17(14)27-18(20)21/h7-8,11,15,18H,4-6,9-10,12-13H2,1-3H3,(H2,22,23,24). The first-order valence-corrected chi connectivity index (χ1v) is 9.37. The van der Waals surface area contributed by atoms with Crippen molar-refractivity contribution in [2.75, 3.05) is 33.8 Å². The zero-order valence-electron chi connectivity index (χ0n) is 16.3. The average molecular weight is 384 g/mol. The van der Waals surface area contributed by atoms with Gasteiger partial charge in [-0.3, -0.25) is 9.89 Å². The van der Waals surface area contributed by atoms with E-state index in [0.717, 1.165) is 26.1 Å². The molecule has 152 valence electrons. The Bertz CT molecular complexity index is 607. The SMILES string of the molecule is CCC(CNC(=NC)NCc1cc(OC)ccc1OC(F)F)N1CCCC1. The van der Waals surface area contributed by atoms with Gasteiger partial charge in [-0.25, -0.2) is 0 Å². The number of nitrogens with one attached hydrogen (secondary N) is 2. The van der Waals surface area contributed by atoms with E-state index in [1.54, 1.807) is 19.2 Å². The second-order valence-corrected chi connectivity index (χ2v) is 6.46. The normalized spacial score (nSPS) is 16.4. The molecular formula is C19H30F2N4O2. The Balaban J connectivity index is 1.94. The maximum Gasteiger partial charge on any atom is 0.387 e. The van der Waals surface area contributed by atoms with Crippen molar-refractivity contribution in [3.8, 4) is 11.5 Å². The number of guanidine groups is 1. The van der Waals surface area contributed by atoms with Crippen molar-refractivity contribution in [2.24, 2.45) is 4.99 Å². The molecule has 2 rings (SSSR count). The first kappa shape index (κ1) is 21.2. The van der Waals surface area contributed by atoms with E-state index < -0.39 is 6.61 Å². The molecule has 0 amide bonds. The van der Waals surface area contributed by atoms with Gasteiger partial charge in [-0.2, -0.15) is 8.78 Å². The van der Waals surface area contributed by atoms with E-state index in [-0.39, 0.29) is 5.75 Å². The number of benzene rings is 1. The molecule has 0 aromatic heterocycles. The zero-order valence-corrected chi connectivity index (χ0v) is 16.3. The molecule has 0 aliphatic carbocycles. The monoisotopic (exact) mass is 384 g/mol. The molecule has 1 saturated heterocycles. The van der Waals surface area contributed by atoms with Gasteiger partial charge in [0.1, 0.15) is 11.5 Å². The van der Waals surface area contributed by atoms with Crippen LogP contribution in [0.4, 0.5) is 8.78 Å². The number of ether oxygens (including phenoxy) is 2. The quantitative estimate of drug-likeness (QED) is 0.507. The molecule has 1 aliphatic rings. The van der Waals surface area contributed by atoms with E-state index in [2.05, 4.69) is 32.2 Å². The molecule has 6 nitrogen and oxygen atoms in total. The molecule has 1 fully saturated rings. The molecular weight excluding hydrogens is 354 g/mol. The number of likely N-dealkylation sites (tertiary alicyclic amines) is 1. The van der Waals surface area contributed by atoms with E-state index in [4.69, 9.17) is 4.74 Å². The maximum absolute atomic E-state index is 12.6. The summed E-state index contributed by atoms with van der Waals surface area (Å²) in [6, 6.07) is 5.21. The van der Waals surface area contributed by atoms with Crippen LogP contribution in [0.15, 0.2) is 23.2 Å². The summed E-state index contributed by atoms with van der Waals surface area (Å²) in [6.45, 7) is 2.67. The first-order chi connectivity index (χ1) is 13.1.